The fourth-order valence-electron chi connectivity index (χ4n) is 1.41. The van der Waals surface area contributed by atoms with Gasteiger partial charge < -0.3 is 10.1 Å². The number of amides is 1. The van der Waals surface area contributed by atoms with Gasteiger partial charge in [0.05, 0.1) is 6.10 Å². The molecular weight excluding hydrogens is 154 g/mol. The van der Waals surface area contributed by atoms with Crippen molar-refractivity contribution in [3.63, 3.8) is 0 Å². The average Bonchev–Trinajstić information content (AvgIpc) is 2.01. The van der Waals surface area contributed by atoms with Gasteiger partial charge in [-0.2, -0.15) is 0 Å². The SMILES string of the molecule is CCC1CC(OCC(=O)NC)C1. The molecule has 3 nitrogen and oxygen atoms in total. The zero-order chi connectivity index (χ0) is 8.97. The van der Waals surface area contributed by atoms with Crippen LogP contribution in [0.15, 0.2) is 0 Å². The standard InChI is InChI=1S/C9H17NO2/c1-3-7-4-8(5-7)12-6-9(11)10-2/h7-8H,3-6H2,1-2H3,(H,10,11). The molecule has 0 spiro atoms. The molecule has 0 aromatic rings. The predicted molar refractivity (Wildman–Crippen MR) is 46.8 cm³/mol. The van der Waals surface area contributed by atoms with E-state index >= 15 is 0 Å². The number of carbonyl (C=O) groups excluding carboxylic acids is 1. The minimum atomic E-state index is -0.0325. The molecule has 0 aromatic heterocycles. The first-order valence-corrected chi connectivity index (χ1v) is 4.58. The summed E-state index contributed by atoms with van der Waals surface area (Å²) >= 11 is 0. The summed E-state index contributed by atoms with van der Waals surface area (Å²) in [6.07, 6.45) is 3.84. The molecule has 1 aliphatic rings. The van der Waals surface area contributed by atoms with Crippen molar-refractivity contribution in [1.29, 1.82) is 0 Å². The lowest BCUT2D eigenvalue weighted by molar-refractivity contribution is -0.130. The summed E-state index contributed by atoms with van der Waals surface area (Å²) in [6, 6.07) is 0. The van der Waals surface area contributed by atoms with Gasteiger partial charge in [-0.05, 0) is 18.8 Å². The van der Waals surface area contributed by atoms with E-state index in [1.165, 1.54) is 6.42 Å². The van der Waals surface area contributed by atoms with Gasteiger partial charge in [-0.15, -0.1) is 0 Å². The molecular formula is C9H17NO2. The summed E-state index contributed by atoms with van der Waals surface area (Å²) in [4.78, 5) is 10.8. The summed E-state index contributed by atoms with van der Waals surface area (Å²) < 4.78 is 5.35. The molecule has 0 heterocycles. The second kappa shape index (κ2) is 4.45. The molecule has 0 radical (unpaired) electrons. The van der Waals surface area contributed by atoms with Gasteiger partial charge in [0.25, 0.3) is 0 Å². The van der Waals surface area contributed by atoms with Crippen LogP contribution in [-0.4, -0.2) is 25.7 Å². The van der Waals surface area contributed by atoms with Crippen molar-refractivity contribution in [3.8, 4) is 0 Å². The Morgan fingerprint density at radius 3 is 2.75 bits per heavy atom. The molecule has 1 amide bonds. The topological polar surface area (TPSA) is 38.3 Å². The highest BCUT2D eigenvalue weighted by molar-refractivity contribution is 5.76. The van der Waals surface area contributed by atoms with Crippen LogP contribution in [0, 0.1) is 5.92 Å². The Labute approximate surface area is 73.5 Å². The van der Waals surface area contributed by atoms with Crippen LogP contribution in [0.4, 0.5) is 0 Å². The molecule has 12 heavy (non-hydrogen) atoms. The molecule has 3 heteroatoms. The van der Waals surface area contributed by atoms with Crippen LogP contribution >= 0.6 is 0 Å². The Kier molecular flexibility index (Phi) is 3.53. The molecule has 1 N–H and O–H groups in total. The second-order valence-electron chi connectivity index (χ2n) is 3.35. The zero-order valence-corrected chi connectivity index (χ0v) is 7.80. The molecule has 1 saturated carbocycles. The van der Waals surface area contributed by atoms with Gasteiger partial charge in [-0.25, -0.2) is 0 Å². The Balaban J connectivity index is 2.00. The normalized spacial score (nSPS) is 27.8. The molecule has 0 bridgehead atoms. The lowest BCUT2D eigenvalue weighted by Gasteiger charge is -2.34. The van der Waals surface area contributed by atoms with Crippen LogP contribution in [-0.2, 0) is 9.53 Å². The van der Waals surface area contributed by atoms with Crippen LogP contribution in [0.5, 0.6) is 0 Å². The highest BCUT2D eigenvalue weighted by atomic mass is 16.5. The Hall–Kier alpha value is -0.570. The molecule has 0 unspecified atom stereocenters. The van der Waals surface area contributed by atoms with E-state index in [9.17, 15) is 4.79 Å². The van der Waals surface area contributed by atoms with Gasteiger partial charge in [0.1, 0.15) is 6.61 Å². The number of nitrogens with one attached hydrogen (secondary N) is 1. The number of hydrogen-bond acceptors (Lipinski definition) is 2. The van der Waals surface area contributed by atoms with Crippen molar-refractivity contribution >= 4 is 5.91 Å². The highest BCUT2D eigenvalue weighted by Crippen LogP contribution is 2.32. The van der Waals surface area contributed by atoms with Crippen molar-refractivity contribution in [3.05, 3.63) is 0 Å². The monoisotopic (exact) mass is 171 g/mol. The fraction of sp³-hybridized carbons (Fsp3) is 0.889. The third-order valence-electron chi connectivity index (χ3n) is 2.50. The van der Waals surface area contributed by atoms with Crippen molar-refractivity contribution < 1.29 is 9.53 Å². The van der Waals surface area contributed by atoms with Gasteiger partial charge in [0, 0.05) is 7.05 Å². The second-order valence-corrected chi connectivity index (χ2v) is 3.35. The molecule has 1 rings (SSSR count). The molecule has 0 atom stereocenters. The molecule has 1 aliphatic carbocycles. The fourth-order valence-corrected chi connectivity index (χ4v) is 1.41. The number of hydrogen-bond donors (Lipinski definition) is 1. The number of rotatable bonds is 4. The maximum Gasteiger partial charge on any atom is 0.245 e. The molecule has 0 aromatic carbocycles. The van der Waals surface area contributed by atoms with E-state index in [1.807, 2.05) is 0 Å². The predicted octanol–water partition coefficient (Wildman–Crippen LogP) is 0.938. The van der Waals surface area contributed by atoms with Gasteiger partial charge in [0.15, 0.2) is 0 Å². The largest absolute Gasteiger partial charge is 0.368 e. The van der Waals surface area contributed by atoms with E-state index in [-0.39, 0.29) is 12.5 Å². The third-order valence-corrected chi connectivity index (χ3v) is 2.50. The zero-order valence-electron chi connectivity index (χ0n) is 7.80. The Bertz CT molecular complexity index is 153. The summed E-state index contributed by atoms with van der Waals surface area (Å²) in [5.74, 6) is 0.801. The Morgan fingerprint density at radius 1 is 1.58 bits per heavy atom. The van der Waals surface area contributed by atoms with Crippen molar-refractivity contribution in [2.45, 2.75) is 32.3 Å². The van der Waals surface area contributed by atoms with E-state index in [0.717, 1.165) is 18.8 Å². The third kappa shape index (κ3) is 2.48. The highest BCUT2D eigenvalue weighted by Gasteiger charge is 2.28. The van der Waals surface area contributed by atoms with Gasteiger partial charge >= 0.3 is 0 Å². The minimum absolute atomic E-state index is 0.0325. The quantitative estimate of drug-likeness (QED) is 0.683. The van der Waals surface area contributed by atoms with Gasteiger partial charge in [0.2, 0.25) is 5.91 Å². The summed E-state index contributed by atoms with van der Waals surface area (Å²) in [7, 11) is 1.63. The van der Waals surface area contributed by atoms with E-state index in [4.69, 9.17) is 4.74 Å². The van der Waals surface area contributed by atoms with E-state index < -0.39 is 0 Å². The van der Waals surface area contributed by atoms with Crippen molar-refractivity contribution in [1.82, 2.24) is 5.32 Å². The number of ether oxygens (including phenoxy) is 1. The molecule has 70 valence electrons. The maximum absolute atomic E-state index is 10.8. The summed E-state index contributed by atoms with van der Waals surface area (Å²) in [5.41, 5.74) is 0. The first-order valence-electron chi connectivity index (χ1n) is 4.58. The first-order chi connectivity index (χ1) is 5.76. The van der Waals surface area contributed by atoms with Crippen molar-refractivity contribution in [2.75, 3.05) is 13.7 Å². The summed E-state index contributed by atoms with van der Waals surface area (Å²) in [5, 5.41) is 2.53. The van der Waals surface area contributed by atoms with Crippen LogP contribution in [0.2, 0.25) is 0 Å². The van der Waals surface area contributed by atoms with Crippen LogP contribution in [0.1, 0.15) is 26.2 Å². The van der Waals surface area contributed by atoms with Crippen LogP contribution in [0.25, 0.3) is 0 Å². The average molecular weight is 171 g/mol. The number of carbonyl (C=O) groups is 1. The lowest BCUT2D eigenvalue weighted by Crippen LogP contribution is -2.34. The molecule has 0 saturated heterocycles. The van der Waals surface area contributed by atoms with Gasteiger partial charge in [-0.3, -0.25) is 4.79 Å². The Morgan fingerprint density at radius 2 is 2.25 bits per heavy atom. The van der Waals surface area contributed by atoms with E-state index in [2.05, 4.69) is 12.2 Å². The van der Waals surface area contributed by atoms with Crippen molar-refractivity contribution in [2.24, 2.45) is 5.92 Å². The van der Waals surface area contributed by atoms with Crippen LogP contribution in [0.3, 0.4) is 0 Å². The number of likely N-dealkylation sites (N-methyl/N-ethyl adjacent to an activating group) is 1. The molecule has 1 fully saturated rings. The molecule has 0 aliphatic heterocycles. The first kappa shape index (κ1) is 9.52. The van der Waals surface area contributed by atoms with Crippen LogP contribution < -0.4 is 5.32 Å². The van der Waals surface area contributed by atoms with Gasteiger partial charge in [-0.1, -0.05) is 13.3 Å². The minimum Gasteiger partial charge on any atom is -0.368 e. The lowest BCUT2D eigenvalue weighted by atomic mass is 9.80. The smallest absolute Gasteiger partial charge is 0.245 e. The van der Waals surface area contributed by atoms with E-state index in [1.54, 1.807) is 7.05 Å². The summed E-state index contributed by atoms with van der Waals surface area (Å²) in [6.45, 7) is 2.41. The van der Waals surface area contributed by atoms with E-state index in [0.29, 0.717) is 6.10 Å². The maximum atomic E-state index is 10.8.